The van der Waals surface area contributed by atoms with Crippen molar-refractivity contribution in [2.75, 3.05) is 4.90 Å². The number of amides is 1. The van der Waals surface area contributed by atoms with Crippen LogP contribution in [0.3, 0.4) is 0 Å². The summed E-state index contributed by atoms with van der Waals surface area (Å²) in [7, 11) is 0. The van der Waals surface area contributed by atoms with E-state index in [2.05, 4.69) is 4.98 Å². The molecule has 0 aliphatic carbocycles. The summed E-state index contributed by atoms with van der Waals surface area (Å²) in [6.07, 6.45) is 1.51. The Kier molecular flexibility index (Phi) is 4.81. The van der Waals surface area contributed by atoms with Crippen molar-refractivity contribution in [1.29, 1.82) is 0 Å². The number of nitro benzene ring substituents is 1. The van der Waals surface area contributed by atoms with E-state index >= 15 is 0 Å². The van der Waals surface area contributed by atoms with Crippen LogP contribution in [0.2, 0.25) is 0 Å². The summed E-state index contributed by atoms with van der Waals surface area (Å²) in [5.41, 5.74) is 0.553. The van der Waals surface area contributed by atoms with E-state index < -0.39 is 28.4 Å². The molecule has 1 aliphatic rings. The fraction of sp³-hybridized carbons (Fsp3) is 0.0455. The largest absolute Gasteiger partial charge is 0.507 e. The highest BCUT2D eigenvalue weighted by Crippen LogP contribution is 2.41. The molecule has 2 heterocycles. The van der Waals surface area contributed by atoms with Crippen LogP contribution in [0.4, 0.5) is 11.5 Å². The van der Waals surface area contributed by atoms with Gasteiger partial charge in [0, 0.05) is 23.9 Å². The third-order valence-corrected chi connectivity index (χ3v) is 4.81. The molecule has 3 aromatic rings. The maximum absolute atomic E-state index is 12.9. The number of nitrogens with zero attached hydrogens (tertiary/aromatic N) is 3. The van der Waals surface area contributed by atoms with Crippen molar-refractivity contribution < 1.29 is 19.6 Å². The predicted octanol–water partition coefficient (Wildman–Crippen LogP) is 3.62. The second-order valence-electron chi connectivity index (χ2n) is 6.57. The number of Topliss-reactive ketones (excluding diaryl/α,β-unsaturated/α-hetero) is 1. The zero-order valence-corrected chi connectivity index (χ0v) is 15.5. The molecule has 1 saturated heterocycles. The van der Waals surface area contributed by atoms with Gasteiger partial charge in [0.2, 0.25) is 0 Å². The first-order valence-corrected chi connectivity index (χ1v) is 9.01. The van der Waals surface area contributed by atoms with E-state index in [1.807, 2.05) is 0 Å². The summed E-state index contributed by atoms with van der Waals surface area (Å²) >= 11 is 0. The molecule has 1 N–H and O–H groups in total. The van der Waals surface area contributed by atoms with Crippen LogP contribution in [0.25, 0.3) is 5.76 Å². The number of anilines is 1. The SMILES string of the molecule is O=C1C(=O)N(c2ccccn2)C(c2ccccc2)/C1=C(\O)c1ccc([N+](=O)[O-])cc1. The molecule has 0 radical (unpaired) electrons. The normalized spacial score (nSPS) is 17.9. The number of benzene rings is 2. The number of non-ortho nitro benzene ring substituents is 1. The lowest BCUT2D eigenvalue weighted by Gasteiger charge is -2.24. The minimum atomic E-state index is -0.892. The first-order chi connectivity index (χ1) is 14.5. The van der Waals surface area contributed by atoms with Crippen LogP contribution in [-0.4, -0.2) is 26.7 Å². The minimum Gasteiger partial charge on any atom is -0.507 e. The lowest BCUT2D eigenvalue weighted by atomic mass is 9.95. The summed E-state index contributed by atoms with van der Waals surface area (Å²) in [4.78, 5) is 41.6. The van der Waals surface area contributed by atoms with Gasteiger partial charge >= 0.3 is 5.91 Å². The molecule has 0 spiro atoms. The fourth-order valence-electron chi connectivity index (χ4n) is 3.41. The number of carbonyl (C=O) groups excluding carboxylic acids is 2. The van der Waals surface area contributed by atoms with Crippen LogP contribution in [0.15, 0.2) is 84.6 Å². The van der Waals surface area contributed by atoms with E-state index in [1.165, 1.54) is 35.4 Å². The van der Waals surface area contributed by atoms with Crippen LogP contribution >= 0.6 is 0 Å². The lowest BCUT2D eigenvalue weighted by molar-refractivity contribution is -0.384. The third-order valence-electron chi connectivity index (χ3n) is 4.81. The Morgan fingerprint density at radius 2 is 1.63 bits per heavy atom. The molecule has 1 aromatic heterocycles. The summed E-state index contributed by atoms with van der Waals surface area (Å²) in [5, 5.41) is 21.8. The van der Waals surface area contributed by atoms with Crippen molar-refractivity contribution in [3.63, 3.8) is 0 Å². The second-order valence-corrected chi connectivity index (χ2v) is 6.57. The molecular weight excluding hydrogens is 386 g/mol. The van der Waals surface area contributed by atoms with Crippen molar-refractivity contribution >= 4 is 29.0 Å². The smallest absolute Gasteiger partial charge is 0.301 e. The van der Waals surface area contributed by atoms with Crippen LogP contribution in [-0.2, 0) is 9.59 Å². The van der Waals surface area contributed by atoms with Gasteiger partial charge in [-0.05, 0) is 29.8 Å². The van der Waals surface area contributed by atoms with Crippen molar-refractivity contribution in [1.82, 2.24) is 4.98 Å². The molecule has 30 heavy (non-hydrogen) atoms. The monoisotopic (exact) mass is 401 g/mol. The Hall–Kier alpha value is -4.33. The number of nitro groups is 1. The van der Waals surface area contributed by atoms with Crippen molar-refractivity contribution in [2.24, 2.45) is 0 Å². The number of aromatic nitrogens is 1. The van der Waals surface area contributed by atoms with Crippen LogP contribution in [0.1, 0.15) is 17.2 Å². The summed E-state index contributed by atoms with van der Waals surface area (Å²) in [5.74, 6) is -1.80. The van der Waals surface area contributed by atoms with Gasteiger partial charge in [-0.2, -0.15) is 0 Å². The third kappa shape index (κ3) is 3.20. The first kappa shape index (κ1) is 19.0. The molecule has 1 aliphatic heterocycles. The van der Waals surface area contributed by atoms with Gasteiger partial charge in [-0.15, -0.1) is 0 Å². The van der Waals surface area contributed by atoms with Crippen LogP contribution in [0, 0.1) is 10.1 Å². The Labute approximate surface area is 170 Å². The molecule has 2 aromatic carbocycles. The molecule has 148 valence electrons. The maximum Gasteiger partial charge on any atom is 0.301 e. The van der Waals surface area contributed by atoms with Gasteiger partial charge in [0.25, 0.3) is 11.5 Å². The predicted molar refractivity (Wildman–Crippen MR) is 109 cm³/mol. The highest BCUT2D eigenvalue weighted by Gasteiger charge is 2.47. The van der Waals surface area contributed by atoms with E-state index in [-0.39, 0.29) is 22.6 Å². The Balaban J connectivity index is 1.90. The number of hydrogen-bond acceptors (Lipinski definition) is 6. The minimum absolute atomic E-state index is 0.106. The van der Waals surface area contributed by atoms with Gasteiger partial charge in [-0.1, -0.05) is 36.4 Å². The Morgan fingerprint density at radius 1 is 0.967 bits per heavy atom. The zero-order valence-electron chi connectivity index (χ0n) is 15.5. The van der Waals surface area contributed by atoms with Gasteiger partial charge in [-0.25, -0.2) is 4.98 Å². The topological polar surface area (TPSA) is 114 Å². The highest BCUT2D eigenvalue weighted by molar-refractivity contribution is 6.51. The maximum atomic E-state index is 12.9. The highest BCUT2D eigenvalue weighted by atomic mass is 16.6. The quantitative estimate of drug-likeness (QED) is 0.235. The van der Waals surface area contributed by atoms with Crippen LogP contribution < -0.4 is 4.90 Å². The molecule has 1 amide bonds. The first-order valence-electron chi connectivity index (χ1n) is 9.01. The molecule has 1 fully saturated rings. The van der Waals surface area contributed by atoms with Gasteiger partial charge in [0.1, 0.15) is 11.6 Å². The zero-order chi connectivity index (χ0) is 21.3. The summed E-state index contributed by atoms with van der Waals surface area (Å²) in [6.45, 7) is 0. The Morgan fingerprint density at radius 3 is 2.23 bits per heavy atom. The summed E-state index contributed by atoms with van der Waals surface area (Å²) < 4.78 is 0. The van der Waals surface area contributed by atoms with Crippen molar-refractivity contribution in [3.05, 3.63) is 106 Å². The number of rotatable bonds is 4. The molecule has 1 atom stereocenters. The number of carbonyl (C=O) groups is 2. The molecule has 1 unspecified atom stereocenters. The average Bonchev–Trinajstić information content (AvgIpc) is 3.05. The summed E-state index contributed by atoms with van der Waals surface area (Å²) in [6, 6.07) is 18.0. The van der Waals surface area contributed by atoms with Crippen LogP contribution in [0.5, 0.6) is 0 Å². The van der Waals surface area contributed by atoms with E-state index in [4.69, 9.17) is 0 Å². The number of ketones is 1. The molecule has 8 nitrogen and oxygen atoms in total. The van der Waals surface area contributed by atoms with E-state index in [9.17, 15) is 24.8 Å². The van der Waals surface area contributed by atoms with Crippen molar-refractivity contribution in [2.45, 2.75) is 6.04 Å². The van der Waals surface area contributed by atoms with E-state index in [0.29, 0.717) is 5.56 Å². The molecular formula is C22H15N3O5. The molecule has 0 saturated carbocycles. The van der Waals surface area contributed by atoms with Gasteiger partial charge in [0.05, 0.1) is 16.5 Å². The fourth-order valence-corrected chi connectivity index (χ4v) is 3.41. The van der Waals surface area contributed by atoms with Gasteiger partial charge < -0.3 is 5.11 Å². The Bertz CT molecular complexity index is 1160. The molecule has 8 heteroatoms. The average molecular weight is 401 g/mol. The standard InChI is InChI=1S/C22H15N3O5/c26-20(15-9-11-16(12-10-15)25(29)30)18-19(14-6-2-1-3-7-14)24(22(28)21(18)27)17-8-4-5-13-23-17/h1-13,19,26H/b20-18+. The number of aliphatic hydroxyl groups is 1. The number of aliphatic hydroxyl groups excluding tert-OH is 1. The number of pyridine rings is 1. The second kappa shape index (κ2) is 7.59. The molecule has 4 rings (SSSR count). The van der Waals surface area contributed by atoms with Crippen molar-refractivity contribution in [3.8, 4) is 0 Å². The van der Waals surface area contributed by atoms with E-state index in [1.54, 1.807) is 48.5 Å². The van der Waals surface area contributed by atoms with Gasteiger partial charge in [0.15, 0.2) is 0 Å². The lowest BCUT2D eigenvalue weighted by Crippen LogP contribution is -2.30. The van der Waals surface area contributed by atoms with E-state index in [0.717, 1.165) is 0 Å². The van der Waals surface area contributed by atoms with Gasteiger partial charge in [-0.3, -0.25) is 24.6 Å². The number of hydrogen-bond donors (Lipinski definition) is 1. The molecule has 0 bridgehead atoms.